The Labute approximate surface area is 167 Å². The summed E-state index contributed by atoms with van der Waals surface area (Å²) in [7, 11) is 0. The van der Waals surface area contributed by atoms with Crippen molar-refractivity contribution in [1.82, 2.24) is 0 Å². The van der Waals surface area contributed by atoms with Crippen LogP contribution in [0.15, 0.2) is 0 Å². The van der Waals surface area contributed by atoms with Crippen molar-refractivity contribution in [2.75, 3.05) is 6.61 Å². The second-order valence-electron chi connectivity index (χ2n) is 5.99. The third-order valence-electron chi connectivity index (χ3n) is 3.26. The van der Waals surface area contributed by atoms with Crippen LogP contribution in [-0.4, -0.2) is 85.6 Å². The molecule has 1 fully saturated rings. The Bertz CT molecular complexity index is 568. The van der Waals surface area contributed by atoms with Gasteiger partial charge in [-0.3, -0.25) is 0 Å². The average molecular weight is 515 g/mol. The number of hydrogen-bond acceptors (Lipinski definition) is 9. The number of esters is 4. The van der Waals surface area contributed by atoms with Gasteiger partial charge in [0.15, 0.2) is 0 Å². The maximum atomic E-state index is 11.7. The summed E-state index contributed by atoms with van der Waals surface area (Å²) in [6, 6.07) is 0. The molecule has 0 bridgehead atoms. The van der Waals surface area contributed by atoms with E-state index >= 15 is 0 Å². The van der Waals surface area contributed by atoms with Crippen molar-refractivity contribution in [2.24, 2.45) is 0 Å². The summed E-state index contributed by atoms with van der Waals surface area (Å²) in [5.41, 5.74) is 4.25. The molecule has 0 saturated carbocycles. The fourth-order valence-corrected chi connectivity index (χ4v) is 10.8. The molecule has 9 nitrogen and oxygen atoms in total. The number of hydrogen-bond donors (Lipinski definition) is 0. The van der Waals surface area contributed by atoms with E-state index in [1.807, 2.05) is 0 Å². The van der Waals surface area contributed by atoms with Gasteiger partial charge in [0.25, 0.3) is 0 Å². The van der Waals surface area contributed by atoms with Gasteiger partial charge in [0, 0.05) is 0 Å². The molecule has 1 aliphatic rings. The summed E-state index contributed by atoms with van der Waals surface area (Å²) in [5, 5.41) is -0.506. The zero-order valence-corrected chi connectivity index (χ0v) is 19.7. The van der Waals surface area contributed by atoms with Crippen LogP contribution in [-0.2, 0) is 42.9 Å². The predicted octanol–water partition coefficient (Wildman–Crippen LogP) is 0.0248. The van der Waals surface area contributed by atoms with Gasteiger partial charge in [-0.1, -0.05) is 0 Å². The Balaban J connectivity index is 3.27. The summed E-state index contributed by atoms with van der Waals surface area (Å²) in [5.74, 6) is -2.33. The van der Waals surface area contributed by atoms with Gasteiger partial charge in [0.2, 0.25) is 0 Å². The zero-order chi connectivity index (χ0) is 20.7. The van der Waals surface area contributed by atoms with Crippen molar-refractivity contribution < 1.29 is 42.9 Å². The fraction of sp³-hybridized carbons (Fsp3) is 0.750. The Hall–Kier alpha value is -1.08. The SMILES string of the molecule is CC(=O)OCC1OC([Se][As](C)C)C(OC(C)=O)C(OC(C)=O)C1OC(C)=O. The van der Waals surface area contributed by atoms with E-state index in [9.17, 15) is 19.2 Å². The number of carbonyl (C=O) groups is 4. The molecule has 1 rings (SSSR count). The van der Waals surface area contributed by atoms with Gasteiger partial charge >= 0.3 is 168 Å². The second-order valence-corrected chi connectivity index (χ2v) is 21.1. The predicted molar refractivity (Wildman–Crippen MR) is 95.2 cm³/mol. The van der Waals surface area contributed by atoms with E-state index in [1.165, 1.54) is 27.7 Å². The van der Waals surface area contributed by atoms with Crippen LogP contribution >= 0.6 is 0 Å². The van der Waals surface area contributed by atoms with Crippen molar-refractivity contribution in [3.05, 3.63) is 0 Å². The molecule has 0 radical (unpaired) electrons. The van der Waals surface area contributed by atoms with Gasteiger partial charge in [0.05, 0.1) is 0 Å². The van der Waals surface area contributed by atoms with E-state index in [0.717, 1.165) is 0 Å². The van der Waals surface area contributed by atoms with Crippen LogP contribution in [0.4, 0.5) is 0 Å². The average Bonchev–Trinajstić information content (AvgIpc) is 2.49. The van der Waals surface area contributed by atoms with Gasteiger partial charge in [0.1, 0.15) is 0 Å². The van der Waals surface area contributed by atoms with Gasteiger partial charge in [-0.15, -0.1) is 0 Å². The second kappa shape index (κ2) is 11.0. The number of rotatable bonds is 7. The molecule has 0 aromatic carbocycles. The molecule has 0 aromatic heterocycles. The first-order valence-corrected chi connectivity index (χ1v) is 17.6. The Kier molecular flexibility index (Phi) is 9.80. The van der Waals surface area contributed by atoms with E-state index in [-0.39, 0.29) is 19.6 Å². The first kappa shape index (κ1) is 24.0. The van der Waals surface area contributed by atoms with Crippen molar-refractivity contribution in [2.45, 2.75) is 68.5 Å². The molecule has 154 valence electrons. The van der Waals surface area contributed by atoms with Crippen molar-refractivity contribution in [3.8, 4) is 0 Å². The zero-order valence-electron chi connectivity index (χ0n) is 16.1. The molecule has 0 aliphatic carbocycles. The monoisotopic (exact) mass is 516 g/mol. The van der Waals surface area contributed by atoms with Gasteiger partial charge < -0.3 is 0 Å². The molecule has 0 spiro atoms. The Morgan fingerprint density at radius 2 is 1.30 bits per heavy atom. The van der Waals surface area contributed by atoms with Gasteiger partial charge in [-0.2, -0.15) is 0 Å². The molecule has 0 amide bonds. The molecule has 0 N–H and O–H groups in total. The number of ether oxygens (including phenoxy) is 5. The summed E-state index contributed by atoms with van der Waals surface area (Å²) < 4.78 is 27.2. The van der Waals surface area contributed by atoms with Crippen molar-refractivity contribution >= 4 is 49.6 Å². The fourth-order valence-electron chi connectivity index (χ4n) is 2.48. The Morgan fingerprint density at radius 3 is 1.74 bits per heavy atom. The van der Waals surface area contributed by atoms with Crippen molar-refractivity contribution in [1.29, 1.82) is 0 Å². The third kappa shape index (κ3) is 8.21. The molecule has 27 heavy (non-hydrogen) atoms. The molecule has 1 saturated heterocycles. The molecule has 5 atom stereocenters. The van der Waals surface area contributed by atoms with E-state index in [4.69, 9.17) is 23.7 Å². The summed E-state index contributed by atoms with van der Waals surface area (Å²) in [6.07, 6.45) is -3.86. The molecular formula is C16H25AsO9Se. The molecule has 0 aromatic rings. The van der Waals surface area contributed by atoms with Crippen molar-refractivity contribution in [3.63, 3.8) is 0 Å². The van der Waals surface area contributed by atoms with E-state index in [0.29, 0.717) is 0 Å². The molecule has 1 aliphatic heterocycles. The quantitative estimate of drug-likeness (QED) is 0.263. The minimum absolute atomic E-state index is 0.0127. The van der Waals surface area contributed by atoms with Gasteiger partial charge in [-0.05, 0) is 0 Å². The Morgan fingerprint density at radius 1 is 0.815 bits per heavy atom. The number of carbonyl (C=O) groups excluding carboxylic acids is 4. The third-order valence-corrected chi connectivity index (χ3v) is 12.2. The normalized spacial score (nSPS) is 27.6. The van der Waals surface area contributed by atoms with E-state index in [2.05, 4.69) is 11.4 Å². The first-order chi connectivity index (χ1) is 12.5. The van der Waals surface area contributed by atoms with Crippen LogP contribution in [0.3, 0.4) is 0 Å². The topological polar surface area (TPSA) is 114 Å². The van der Waals surface area contributed by atoms with Crippen LogP contribution < -0.4 is 0 Å². The molecule has 1 heterocycles. The summed E-state index contributed by atoms with van der Waals surface area (Å²) in [4.78, 5) is 46.1. The van der Waals surface area contributed by atoms with Gasteiger partial charge in [-0.25, -0.2) is 0 Å². The maximum absolute atomic E-state index is 11.7. The van der Waals surface area contributed by atoms with E-state index < -0.39 is 66.1 Å². The molecule has 5 unspecified atom stereocenters. The summed E-state index contributed by atoms with van der Waals surface area (Å²) >= 11 is -1.20. The van der Waals surface area contributed by atoms with E-state index in [1.54, 1.807) is 0 Å². The first-order valence-electron chi connectivity index (χ1n) is 8.15. The van der Waals surface area contributed by atoms with Crippen LogP contribution in [0.1, 0.15) is 27.7 Å². The molecular weight excluding hydrogens is 490 g/mol. The molecule has 11 heteroatoms. The summed E-state index contributed by atoms with van der Waals surface area (Å²) in [6.45, 7) is 4.73. The van der Waals surface area contributed by atoms with Crippen LogP contribution in [0, 0.1) is 0 Å². The minimum atomic E-state index is -1.18. The van der Waals surface area contributed by atoms with Crippen LogP contribution in [0.5, 0.6) is 0 Å². The standard InChI is InChI=1S/C16H25AsO9Se/c1-8(18)22-7-12-13(23-9(2)19)14(24-10(3)20)15(25-11(4)21)16(26-12)27-17(5)6/h12-16H,7H2,1-6H3. The van der Waals surface area contributed by atoms with Crippen LogP contribution in [0.2, 0.25) is 11.4 Å². The van der Waals surface area contributed by atoms with Crippen LogP contribution in [0.25, 0.3) is 0 Å².